The number of carboxylic acids is 1. The van der Waals surface area contributed by atoms with Gasteiger partial charge in [-0.25, -0.2) is 0 Å². The third-order valence-corrected chi connectivity index (χ3v) is 3.92. The molecule has 1 amide bonds. The maximum Gasteiger partial charge on any atom is 1.00 e. The van der Waals surface area contributed by atoms with Crippen molar-refractivity contribution in [2.45, 2.75) is 6.42 Å². The smallest absolute Gasteiger partial charge is 0.550 e. The van der Waals surface area contributed by atoms with Gasteiger partial charge in [0.25, 0.3) is 0 Å². The number of rotatable bonds is 5. The molecule has 1 aromatic carbocycles. The minimum Gasteiger partial charge on any atom is -0.550 e. The Morgan fingerprint density at radius 2 is 2.00 bits per heavy atom. The van der Waals surface area contributed by atoms with Gasteiger partial charge < -0.3 is 24.7 Å². The van der Waals surface area contributed by atoms with Gasteiger partial charge in [-0.15, -0.1) is 0 Å². The second-order valence-electron chi connectivity index (χ2n) is 5.34. The fraction of sp³-hybridized carbons (Fsp3) is 0.312. The van der Waals surface area contributed by atoms with Crippen molar-refractivity contribution in [3.05, 3.63) is 24.4 Å². The number of methoxy groups -OCH3 is 2. The molecular formula is C16H15N2NaO5. The van der Waals surface area contributed by atoms with Gasteiger partial charge in [-0.1, -0.05) is 0 Å². The molecule has 2 aromatic rings. The third kappa shape index (κ3) is 3.48. The van der Waals surface area contributed by atoms with Crippen LogP contribution in [0.1, 0.15) is 6.42 Å². The van der Waals surface area contributed by atoms with Crippen molar-refractivity contribution in [2.24, 2.45) is 11.8 Å². The van der Waals surface area contributed by atoms with E-state index in [4.69, 9.17) is 9.47 Å². The zero-order valence-electron chi connectivity index (χ0n) is 13.7. The molecule has 0 radical (unpaired) electrons. The Balaban J connectivity index is 0.00000208. The number of anilines is 1. The molecule has 1 aromatic heterocycles. The zero-order valence-corrected chi connectivity index (χ0v) is 15.7. The fourth-order valence-corrected chi connectivity index (χ4v) is 2.57. The summed E-state index contributed by atoms with van der Waals surface area (Å²) in [4.78, 5) is 27.2. The summed E-state index contributed by atoms with van der Waals surface area (Å²) < 4.78 is 10.5. The van der Waals surface area contributed by atoms with Crippen LogP contribution in [0, 0.1) is 11.8 Å². The first-order valence-electron chi connectivity index (χ1n) is 7.07. The average molecular weight is 338 g/mol. The molecule has 0 spiro atoms. The van der Waals surface area contributed by atoms with Crippen LogP contribution >= 0.6 is 0 Å². The molecule has 1 N–H and O–H groups in total. The van der Waals surface area contributed by atoms with Gasteiger partial charge >= 0.3 is 29.6 Å². The van der Waals surface area contributed by atoms with Crippen LogP contribution in [-0.4, -0.2) is 31.1 Å². The van der Waals surface area contributed by atoms with Crippen molar-refractivity contribution in [2.75, 3.05) is 19.5 Å². The largest absolute Gasteiger partial charge is 1.00 e. The molecule has 24 heavy (non-hydrogen) atoms. The van der Waals surface area contributed by atoms with Crippen molar-refractivity contribution in [1.29, 1.82) is 0 Å². The number of ether oxygens (including phenoxy) is 2. The van der Waals surface area contributed by atoms with Gasteiger partial charge in [0.2, 0.25) is 5.91 Å². The summed E-state index contributed by atoms with van der Waals surface area (Å²) in [7, 11) is 3.06. The number of hydrogen-bond donors (Lipinski definition) is 1. The normalized spacial score (nSPS) is 18.4. The number of aromatic nitrogens is 1. The number of fused-ring (bicyclic) bond motifs is 1. The van der Waals surface area contributed by atoms with Crippen molar-refractivity contribution < 1.29 is 53.7 Å². The summed E-state index contributed by atoms with van der Waals surface area (Å²) in [6.45, 7) is 0. The van der Waals surface area contributed by atoms with Gasteiger partial charge in [-0.3, -0.25) is 9.78 Å². The molecule has 0 bridgehead atoms. The van der Waals surface area contributed by atoms with E-state index in [2.05, 4.69) is 10.3 Å². The van der Waals surface area contributed by atoms with E-state index >= 15 is 0 Å². The molecule has 3 rings (SSSR count). The Labute approximate surface area is 160 Å². The summed E-state index contributed by atoms with van der Waals surface area (Å²) in [6, 6.07) is 5.11. The van der Waals surface area contributed by atoms with Crippen molar-refractivity contribution in [3.63, 3.8) is 0 Å². The van der Waals surface area contributed by atoms with E-state index in [1.165, 1.54) is 7.11 Å². The predicted octanol–water partition coefficient (Wildman–Crippen LogP) is -2.42. The van der Waals surface area contributed by atoms with E-state index in [1.54, 1.807) is 31.5 Å². The van der Waals surface area contributed by atoms with Gasteiger partial charge in [-0.2, -0.15) is 0 Å². The van der Waals surface area contributed by atoms with E-state index in [0.717, 1.165) is 0 Å². The Kier molecular flexibility index (Phi) is 5.69. The van der Waals surface area contributed by atoms with Gasteiger partial charge in [0.1, 0.15) is 11.5 Å². The van der Waals surface area contributed by atoms with Crippen LogP contribution in [0.2, 0.25) is 0 Å². The number of carbonyl (C=O) groups is 2. The molecule has 0 saturated heterocycles. The molecule has 1 aliphatic rings. The van der Waals surface area contributed by atoms with Crippen LogP contribution in [0.4, 0.5) is 5.69 Å². The number of nitrogens with one attached hydrogen (secondary N) is 1. The molecule has 2 atom stereocenters. The first kappa shape index (κ1) is 18.5. The number of amides is 1. The van der Waals surface area contributed by atoms with Crippen LogP contribution in [0.3, 0.4) is 0 Å². The van der Waals surface area contributed by atoms with E-state index < -0.39 is 17.8 Å². The van der Waals surface area contributed by atoms with Gasteiger partial charge in [-0.05, 0) is 18.6 Å². The summed E-state index contributed by atoms with van der Waals surface area (Å²) in [5, 5.41) is 14.2. The SMILES string of the molecule is COc1cc(NC(=O)[C@@H]2C[C@@H]2C(=O)[O-])c2nccc(OC)c2c1.[Na+]. The molecular weight excluding hydrogens is 323 g/mol. The van der Waals surface area contributed by atoms with Crippen molar-refractivity contribution in [3.8, 4) is 11.5 Å². The van der Waals surface area contributed by atoms with Crippen LogP contribution in [-0.2, 0) is 9.59 Å². The number of aliphatic carboxylic acids is 1. The molecule has 1 heterocycles. The second kappa shape index (κ2) is 7.38. The zero-order chi connectivity index (χ0) is 16.6. The summed E-state index contributed by atoms with van der Waals surface area (Å²) >= 11 is 0. The second-order valence-corrected chi connectivity index (χ2v) is 5.34. The topological polar surface area (TPSA) is 101 Å². The molecule has 0 aliphatic heterocycles. The van der Waals surface area contributed by atoms with E-state index in [1.807, 2.05) is 0 Å². The van der Waals surface area contributed by atoms with Crippen LogP contribution in [0.5, 0.6) is 11.5 Å². The quantitative estimate of drug-likeness (QED) is 0.609. The Hall–Kier alpha value is -1.83. The number of carbonyl (C=O) groups excluding carboxylic acids is 2. The molecule has 0 unspecified atom stereocenters. The van der Waals surface area contributed by atoms with Gasteiger partial charge in [0.15, 0.2) is 0 Å². The van der Waals surface area contributed by atoms with E-state index in [9.17, 15) is 14.7 Å². The van der Waals surface area contributed by atoms with Crippen LogP contribution in [0.25, 0.3) is 10.9 Å². The number of pyridine rings is 1. The first-order chi connectivity index (χ1) is 11.0. The maximum absolute atomic E-state index is 12.2. The molecule has 1 fully saturated rings. The molecule has 8 heteroatoms. The van der Waals surface area contributed by atoms with Gasteiger partial charge in [0.05, 0.1) is 25.4 Å². The van der Waals surface area contributed by atoms with Crippen LogP contribution < -0.4 is 49.5 Å². The average Bonchev–Trinajstić information content (AvgIpc) is 3.35. The Morgan fingerprint density at radius 1 is 1.25 bits per heavy atom. The molecule has 1 saturated carbocycles. The summed E-state index contributed by atoms with van der Waals surface area (Å²) in [5.41, 5.74) is 0.997. The summed E-state index contributed by atoms with van der Waals surface area (Å²) in [6.07, 6.45) is 1.87. The standard InChI is InChI=1S/C16H16N2O5.Na/c1-22-8-5-11-13(23-2)3-4-17-14(11)12(6-8)18-15(19)9-7-10(9)16(20)21;/h3-6,9-10H,7H2,1-2H3,(H,18,19)(H,20,21);/q;+1/p-1/t9-,10+;/m1./s1. The third-order valence-electron chi connectivity index (χ3n) is 3.92. The van der Waals surface area contributed by atoms with E-state index in [0.29, 0.717) is 34.5 Å². The Morgan fingerprint density at radius 3 is 2.58 bits per heavy atom. The maximum atomic E-state index is 12.2. The van der Waals surface area contributed by atoms with Crippen molar-refractivity contribution in [1.82, 2.24) is 4.98 Å². The van der Waals surface area contributed by atoms with Crippen molar-refractivity contribution >= 4 is 28.5 Å². The number of benzene rings is 1. The predicted molar refractivity (Wildman–Crippen MR) is 80.1 cm³/mol. The number of hydrogen-bond acceptors (Lipinski definition) is 6. The Bertz CT molecular complexity index is 795. The molecule has 120 valence electrons. The molecule has 1 aliphatic carbocycles. The minimum absolute atomic E-state index is 0. The summed E-state index contributed by atoms with van der Waals surface area (Å²) in [5.74, 6) is -1.70. The van der Waals surface area contributed by atoms with E-state index in [-0.39, 0.29) is 35.5 Å². The molecule has 7 nitrogen and oxygen atoms in total. The minimum atomic E-state index is -1.19. The first-order valence-corrected chi connectivity index (χ1v) is 7.07. The number of nitrogens with zero attached hydrogens (tertiary/aromatic N) is 1. The van der Waals surface area contributed by atoms with Crippen LogP contribution in [0.15, 0.2) is 24.4 Å². The number of carboxylic acid groups (broad SMARTS) is 1. The van der Waals surface area contributed by atoms with Gasteiger partial charge in [0, 0.05) is 35.5 Å². The monoisotopic (exact) mass is 338 g/mol. The fourth-order valence-electron chi connectivity index (χ4n) is 2.57.